The molecule has 5 heteroatoms. The van der Waals surface area contributed by atoms with E-state index in [-0.39, 0.29) is 0 Å². The second-order valence-electron chi connectivity index (χ2n) is 3.56. The van der Waals surface area contributed by atoms with E-state index in [1.807, 2.05) is 0 Å². The number of hydrogen-bond donors (Lipinski definition) is 0. The Kier molecular flexibility index (Phi) is 7.62. The van der Waals surface area contributed by atoms with Gasteiger partial charge in [-0.2, -0.15) is 5.26 Å². The lowest BCUT2D eigenvalue weighted by atomic mass is 10.2. The smallest absolute Gasteiger partial charge is 0.0635 e. The first-order valence-corrected chi connectivity index (χ1v) is 4.81. The fourth-order valence-electron chi connectivity index (χ4n) is 1.25. The summed E-state index contributed by atoms with van der Waals surface area (Å²) in [4.78, 5) is 4.86. The van der Waals surface area contributed by atoms with Crippen LogP contribution in [0.4, 0.5) is 0 Å². The van der Waals surface area contributed by atoms with Crippen molar-refractivity contribution in [3.05, 3.63) is 10.4 Å². The lowest BCUT2D eigenvalue weighted by molar-refractivity contribution is 0.256. The molecule has 0 amide bonds. The predicted molar refractivity (Wildman–Crippen MR) is 55.5 cm³/mol. The molecular formula is C9H17N5. The van der Waals surface area contributed by atoms with Gasteiger partial charge < -0.3 is 4.90 Å². The van der Waals surface area contributed by atoms with E-state index in [0.717, 1.165) is 19.6 Å². The maximum Gasteiger partial charge on any atom is 0.0635 e. The third-order valence-corrected chi connectivity index (χ3v) is 1.74. The molecule has 0 spiro atoms. The highest BCUT2D eigenvalue weighted by Crippen LogP contribution is 1.99. The van der Waals surface area contributed by atoms with Crippen molar-refractivity contribution in [2.75, 3.05) is 26.2 Å². The minimum atomic E-state index is 0.481. The first-order valence-electron chi connectivity index (χ1n) is 4.81. The van der Waals surface area contributed by atoms with Crippen LogP contribution < -0.4 is 0 Å². The van der Waals surface area contributed by atoms with E-state index in [4.69, 9.17) is 10.8 Å². The van der Waals surface area contributed by atoms with Crippen molar-refractivity contribution >= 4 is 0 Å². The Hall–Kier alpha value is -1.24. The van der Waals surface area contributed by atoms with Gasteiger partial charge in [-0.1, -0.05) is 19.0 Å². The van der Waals surface area contributed by atoms with Crippen molar-refractivity contribution in [3.8, 4) is 6.07 Å². The lowest BCUT2D eigenvalue weighted by Gasteiger charge is -2.21. The molecule has 0 aromatic carbocycles. The van der Waals surface area contributed by atoms with Gasteiger partial charge in [0.15, 0.2) is 0 Å². The van der Waals surface area contributed by atoms with E-state index in [9.17, 15) is 0 Å². The number of hydrogen-bond acceptors (Lipinski definition) is 3. The molecule has 14 heavy (non-hydrogen) atoms. The molecule has 0 radical (unpaired) electrons. The van der Waals surface area contributed by atoms with Crippen LogP contribution in [-0.4, -0.2) is 31.1 Å². The molecule has 0 aliphatic carbocycles. The largest absolute Gasteiger partial charge is 0.302 e. The second-order valence-corrected chi connectivity index (χ2v) is 3.56. The van der Waals surface area contributed by atoms with Gasteiger partial charge in [0, 0.05) is 37.5 Å². The standard InChI is InChI=1S/C9H17N5/c1-9(2)8-14(6-3-4-10)7-5-12-13-11/h9H,3,5-8H2,1-2H3. The second kappa shape index (κ2) is 8.36. The molecule has 0 atom stereocenters. The van der Waals surface area contributed by atoms with Crippen molar-refractivity contribution in [2.24, 2.45) is 11.0 Å². The Morgan fingerprint density at radius 3 is 2.71 bits per heavy atom. The van der Waals surface area contributed by atoms with Crippen LogP contribution in [0.2, 0.25) is 0 Å². The van der Waals surface area contributed by atoms with Gasteiger partial charge in [-0.3, -0.25) is 0 Å². The molecular weight excluding hydrogens is 178 g/mol. The molecule has 0 fully saturated rings. The first-order chi connectivity index (χ1) is 6.70. The maximum absolute atomic E-state index is 8.46. The molecule has 0 bridgehead atoms. The monoisotopic (exact) mass is 195 g/mol. The van der Waals surface area contributed by atoms with Crippen molar-refractivity contribution in [3.63, 3.8) is 0 Å². The Balaban J connectivity index is 3.84. The minimum absolute atomic E-state index is 0.481. The van der Waals surface area contributed by atoms with Crippen molar-refractivity contribution in [1.82, 2.24) is 4.90 Å². The van der Waals surface area contributed by atoms with Crippen molar-refractivity contribution in [2.45, 2.75) is 20.3 Å². The van der Waals surface area contributed by atoms with Gasteiger partial charge in [0.05, 0.1) is 6.07 Å². The third-order valence-electron chi connectivity index (χ3n) is 1.74. The zero-order chi connectivity index (χ0) is 10.8. The summed E-state index contributed by atoms with van der Waals surface area (Å²) in [7, 11) is 0. The van der Waals surface area contributed by atoms with Crippen LogP contribution in [0.15, 0.2) is 5.11 Å². The number of rotatable bonds is 7. The predicted octanol–water partition coefficient (Wildman–Crippen LogP) is 2.17. The van der Waals surface area contributed by atoms with Crippen LogP contribution in [0.3, 0.4) is 0 Å². The summed E-state index contributed by atoms with van der Waals surface area (Å²) in [5.74, 6) is 0.569. The molecule has 0 saturated heterocycles. The van der Waals surface area contributed by atoms with Crippen LogP contribution in [0.5, 0.6) is 0 Å². The van der Waals surface area contributed by atoms with Crippen molar-refractivity contribution in [1.29, 1.82) is 5.26 Å². The van der Waals surface area contributed by atoms with Gasteiger partial charge in [0.1, 0.15) is 0 Å². The highest BCUT2D eigenvalue weighted by molar-refractivity contribution is 4.73. The summed E-state index contributed by atoms with van der Waals surface area (Å²) in [6, 6.07) is 2.12. The molecule has 78 valence electrons. The van der Waals surface area contributed by atoms with E-state index >= 15 is 0 Å². The van der Waals surface area contributed by atoms with Gasteiger partial charge in [0.2, 0.25) is 0 Å². The zero-order valence-electron chi connectivity index (χ0n) is 8.85. The fraction of sp³-hybridized carbons (Fsp3) is 0.889. The van der Waals surface area contributed by atoms with Crippen LogP contribution >= 0.6 is 0 Å². The summed E-state index contributed by atoms with van der Waals surface area (Å²) < 4.78 is 0. The van der Waals surface area contributed by atoms with E-state index in [1.165, 1.54) is 0 Å². The normalized spacial score (nSPS) is 9.93. The molecule has 0 aliphatic heterocycles. The molecule has 0 heterocycles. The molecule has 0 saturated carbocycles. The first kappa shape index (κ1) is 12.8. The summed E-state index contributed by atoms with van der Waals surface area (Å²) in [6.07, 6.45) is 0.531. The van der Waals surface area contributed by atoms with E-state index in [0.29, 0.717) is 18.9 Å². The van der Waals surface area contributed by atoms with Gasteiger partial charge in [-0.15, -0.1) is 0 Å². The molecule has 0 aromatic heterocycles. The van der Waals surface area contributed by atoms with Gasteiger partial charge in [-0.25, -0.2) is 0 Å². The van der Waals surface area contributed by atoms with Gasteiger partial charge in [0.25, 0.3) is 0 Å². The van der Waals surface area contributed by atoms with Crippen LogP contribution in [0.1, 0.15) is 20.3 Å². The highest BCUT2D eigenvalue weighted by atomic mass is 15.2. The Bertz CT molecular complexity index is 224. The van der Waals surface area contributed by atoms with E-state index in [2.05, 4.69) is 34.8 Å². The SMILES string of the molecule is CC(C)CN(CCC#N)CCN=[N+]=[N-]. The molecule has 0 aromatic rings. The van der Waals surface area contributed by atoms with Gasteiger partial charge >= 0.3 is 0 Å². The fourth-order valence-corrected chi connectivity index (χ4v) is 1.25. The maximum atomic E-state index is 8.46. The number of nitrogens with zero attached hydrogens (tertiary/aromatic N) is 5. The molecule has 5 nitrogen and oxygen atoms in total. The van der Waals surface area contributed by atoms with Gasteiger partial charge in [-0.05, 0) is 11.4 Å². The number of azide groups is 1. The molecule has 0 rings (SSSR count). The topological polar surface area (TPSA) is 75.8 Å². The highest BCUT2D eigenvalue weighted by Gasteiger charge is 2.05. The summed E-state index contributed by atoms with van der Waals surface area (Å²) in [5.41, 5.74) is 8.12. The number of nitriles is 1. The van der Waals surface area contributed by atoms with Crippen LogP contribution in [-0.2, 0) is 0 Å². The lowest BCUT2D eigenvalue weighted by Crippen LogP contribution is -2.31. The molecule has 0 N–H and O–H groups in total. The molecule has 0 unspecified atom stereocenters. The van der Waals surface area contributed by atoms with Crippen LogP contribution in [0, 0.1) is 17.2 Å². The van der Waals surface area contributed by atoms with Crippen molar-refractivity contribution < 1.29 is 0 Å². The Morgan fingerprint density at radius 1 is 1.50 bits per heavy atom. The summed E-state index contributed by atoms with van der Waals surface area (Å²) in [5, 5.41) is 11.9. The molecule has 0 aliphatic rings. The van der Waals surface area contributed by atoms with Crippen LogP contribution in [0.25, 0.3) is 10.4 Å². The Labute approximate surface area is 84.9 Å². The average Bonchev–Trinajstić information content (AvgIpc) is 2.13. The van der Waals surface area contributed by atoms with E-state index < -0.39 is 0 Å². The van der Waals surface area contributed by atoms with E-state index in [1.54, 1.807) is 0 Å². The minimum Gasteiger partial charge on any atom is -0.302 e. The summed E-state index contributed by atoms with van der Waals surface area (Å²) in [6.45, 7) is 7.19. The average molecular weight is 195 g/mol. The quantitative estimate of drug-likeness (QED) is 0.354. The summed E-state index contributed by atoms with van der Waals surface area (Å²) >= 11 is 0. The zero-order valence-corrected chi connectivity index (χ0v) is 8.85. The Morgan fingerprint density at radius 2 is 2.21 bits per heavy atom. The third kappa shape index (κ3) is 7.41.